The fourth-order valence-corrected chi connectivity index (χ4v) is 11.9. The van der Waals surface area contributed by atoms with Crippen molar-refractivity contribution in [3.8, 4) is 86.3 Å². The van der Waals surface area contributed by atoms with Crippen molar-refractivity contribution in [2.45, 2.75) is 0 Å². The summed E-state index contributed by atoms with van der Waals surface area (Å²) in [5.74, 6) is -1.62. The Kier molecular flexibility index (Phi) is 10.4. The van der Waals surface area contributed by atoms with Gasteiger partial charge in [0.2, 0.25) is 0 Å². The molecule has 4 aromatic heterocycles. The molecule has 4 aromatic carbocycles. The van der Waals surface area contributed by atoms with Crippen LogP contribution in [0.15, 0.2) is 119 Å². The van der Waals surface area contributed by atoms with Crippen molar-refractivity contribution in [2.75, 3.05) is 28.4 Å². The highest BCUT2D eigenvalue weighted by Crippen LogP contribution is 2.61. The molecule has 8 aromatic rings. The smallest absolute Gasteiger partial charge is 0.337 e. The van der Waals surface area contributed by atoms with E-state index in [1.54, 1.807) is 93.9 Å². The van der Waals surface area contributed by atoms with Gasteiger partial charge in [-0.3, -0.25) is 0 Å². The first-order valence-corrected chi connectivity index (χ1v) is 22.0. The average molecular weight is 865 g/mol. The van der Waals surface area contributed by atoms with Gasteiger partial charge < -0.3 is 18.9 Å². The van der Waals surface area contributed by atoms with Crippen molar-refractivity contribution in [1.29, 1.82) is 0 Å². The van der Waals surface area contributed by atoms with Crippen LogP contribution in [0.3, 0.4) is 0 Å². The second kappa shape index (κ2) is 16.0. The summed E-state index contributed by atoms with van der Waals surface area (Å²) in [4.78, 5) is 54.0. The van der Waals surface area contributed by atoms with E-state index in [9.17, 15) is 19.2 Å². The maximum Gasteiger partial charge on any atom is 0.337 e. The second-order valence-corrected chi connectivity index (χ2v) is 17.2. The van der Waals surface area contributed by atoms with Crippen LogP contribution in [0.5, 0.6) is 0 Å². The van der Waals surface area contributed by atoms with E-state index in [2.05, 4.69) is 21.5 Å². The quantitative estimate of drug-likeness (QED) is 0.110. The van der Waals surface area contributed by atoms with Crippen LogP contribution in [0.4, 0.5) is 0 Å². The third kappa shape index (κ3) is 6.58. The van der Waals surface area contributed by atoms with Crippen LogP contribution in [-0.4, -0.2) is 52.3 Å². The van der Waals surface area contributed by atoms with Gasteiger partial charge in [0, 0.05) is 64.0 Å². The lowest BCUT2D eigenvalue weighted by molar-refractivity contribution is 0.0592. The number of carbonyl (C=O) groups excluding carboxylic acids is 4. The number of hydrogen-bond acceptors (Lipinski definition) is 12. The van der Waals surface area contributed by atoms with Gasteiger partial charge in [0.05, 0.1) is 50.7 Å². The zero-order valence-electron chi connectivity index (χ0n) is 32.4. The summed E-state index contributed by atoms with van der Waals surface area (Å²) >= 11 is 6.56. The zero-order valence-corrected chi connectivity index (χ0v) is 35.7. The predicted molar refractivity (Wildman–Crippen MR) is 240 cm³/mol. The van der Waals surface area contributed by atoms with Crippen molar-refractivity contribution in [2.24, 2.45) is 0 Å². The van der Waals surface area contributed by atoms with Crippen LogP contribution in [0.25, 0.3) is 86.3 Å². The normalized spacial score (nSPS) is 11.3. The van der Waals surface area contributed by atoms with E-state index in [0.29, 0.717) is 22.3 Å². The third-order valence-corrected chi connectivity index (χ3v) is 14.6. The van der Waals surface area contributed by atoms with Crippen LogP contribution in [0, 0.1) is 0 Å². The fourth-order valence-electron chi connectivity index (χ4n) is 7.59. The Balaban J connectivity index is 1.34. The van der Waals surface area contributed by atoms with Crippen LogP contribution >= 0.6 is 45.3 Å². The predicted octanol–water partition coefficient (Wildman–Crippen LogP) is 12.7. The molecule has 0 fully saturated rings. The van der Waals surface area contributed by atoms with Gasteiger partial charge in [-0.25, -0.2) is 19.2 Å². The van der Waals surface area contributed by atoms with Gasteiger partial charge in [-0.2, -0.15) is 0 Å². The lowest BCUT2D eigenvalue weighted by Crippen LogP contribution is -2.00. The Bertz CT molecular complexity index is 2530. The van der Waals surface area contributed by atoms with Gasteiger partial charge in [-0.1, -0.05) is 48.5 Å². The highest BCUT2D eigenvalue weighted by Gasteiger charge is 2.34. The average Bonchev–Trinajstić information content (AvgIpc) is 4.12. The van der Waals surface area contributed by atoms with E-state index < -0.39 is 23.9 Å². The molecule has 0 N–H and O–H groups in total. The first-order chi connectivity index (χ1) is 29.2. The maximum absolute atomic E-state index is 12.5. The molecule has 9 rings (SSSR count). The molecule has 12 heteroatoms. The van der Waals surface area contributed by atoms with E-state index >= 15 is 0 Å². The molecule has 0 saturated heterocycles. The minimum atomic E-state index is -0.405. The van der Waals surface area contributed by atoms with Crippen molar-refractivity contribution in [1.82, 2.24) is 0 Å². The molecule has 8 nitrogen and oxygen atoms in total. The molecule has 0 spiro atoms. The number of ether oxygens (including phenoxy) is 4. The Hall–Kier alpha value is -6.44. The van der Waals surface area contributed by atoms with Crippen molar-refractivity contribution in [3.05, 3.63) is 141 Å². The van der Waals surface area contributed by atoms with Gasteiger partial charge in [0.15, 0.2) is 0 Å². The second-order valence-electron chi connectivity index (χ2n) is 13.7. The van der Waals surface area contributed by atoms with E-state index in [4.69, 9.17) is 18.9 Å². The van der Waals surface area contributed by atoms with Gasteiger partial charge in [0.1, 0.15) is 0 Å². The van der Waals surface area contributed by atoms with E-state index in [-0.39, 0.29) is 0 Å². The minimum Gasteiger partial charge on any atom is -0.465 e. The first-order valence-electron chi connectivity index (χ1n) is 18.5. The third-order valence-electron chi connectivity index (χ3n) is 10.5. The molecule has 0 atom stereocenters. The van der Waals surface area contributed by atoms with E-state index in [1.165, 1.54) is 28.4 Å². The number of thiophene rings is 4. The van der Waals surface area contributed by atoms with E-state index in [0.717, 1.165) is 86.3 Å². The SMILES string of the molecule is COC(=O)c1ccc(-c2scc3c2-c2csc(-c4ccc(C(=O)OC)cc4)c2-c2csc(-c4ccc(C(=O)OC)cc4)c2-c2csc(-c4ccc(C(=O)OC)cc4)c2-3)cc1. The fraction of sp³-hybridized carbons (Fsp3) is 0.0833. The van der Waals surface area contributed by atoms with Gasteiger partial charge in [0.25, 0.3) is 0 Å². The zero-order chi connectivity index (χ0) is 41.7. The highest BCUT2D eigenvalue weighted by molar-refractivity contribution is 7.17. The number of methoxy groups -OCH3 is 4. The molecule has 0 aliphatic heterocycles. The Morgan fingerprint density at radius 3 is 0.667 bits per heavy atom. The van der Waals surface area contributed by atoms with Gasteiger partial charge in [-0.15, -0.1) is 45.3 Å². The van der Waals surface area contributed by atoms with Crippen molar-refractivity contribution >= 4 is 69.2 Å². The van der Waals surface area contributed by atoms with Crippen molar-refractivity contribution < 1.29 is 38.1 Å². The van der Waals surface area contributed by atoms with Crippen LogP contribution in [0.2, 0.25) is 0 Å². The van der Waals surface area contributed by atoms with Gasteiger partial charge in [-0.05, 0) is 92.3 Å². The van der Waals surface area contributed by atoms with E-state index in [1.807, 2.05) is 48.5 Å². The summed E-state index contributed by atoms with van der Waals surface area (Å²) in [5, 5.41) is 8.85. The van der Waals surface area contributed by atoms with Crippen LogP contribution in [0.1, 0.15) is 41.4 Å². The molecule has 4 heterocycles. The molecule has 0 saturated carbocycles. The molecule has 1 aliphatic carbocycles. The van der Waals surface area contributed by atoms with Gasteiger partial charge >= 0.3 is 23.9 Å². The molecular weight excluding hydrogens is 833 g/mol. The lowest BCUT2D eigenvalue weighted by Gasteiger charge is -2.19. The lowest BCUT2D eigenvalue weighted by atomic mass is 9.82. The molecule has 296 valence electrons. The highest BCUT2D eigenvalue weighted by atomic mass is 32.1. The summed E-state index contributed by atoms with van der Waals surface area (Å²) in [7, 11) is 5.49. The molecule has 0 bridgehead atoms. The monoisotopic (exact) mass is 864 g/mol. The summed E-state index contributed by atoms with van der Waals surface area (Å²) in [6.07, 6.45) is 0. The largest absolute Gasteiger partial charge is 0.465 e. The Labute approximate surface area is 360 Å². The number of fused-ring (bicyclic) bond motifs is 8. The van der Waals surface area contributed by atoms with Crippen LogP contribution < -0.4 is 0 Å². The van der Waals surface area contributed by atoms with Crippen LogP contribution in [-0.2, 0) is 18.9 Å². The number of hydrogen-bond donors (Lipinski definition) is 0. The summed E-state index contributed by atoms with van der Waals surface area (Å²) in [5.41, 5.74) is 14.1. The molecular formula is C48H32O8S4. The summed E-state index contributed by atoms with van der Waals surface area (Å²) in [6.45, 7) is 0. The Morgan fingerprint density at radius 1 is 0.317 bits per heavy atom. The maximum atomic E-state index is 12.5. The topological polar surface area (TPSA) is 105 Å². The molecule has 0 unspecified atom stereocenters. The number of rotatable bonds is 8. The number of esters is 4. The summed E-state index contributed by atoms with van der Waals surface area (Å²) in [6, 6.07) is 30.0. The number of carbonyl (C=O) groups is 4. The molecule has 0 radical (unpaired) electrons. The Morgan fingerprint density at radius 2 is 0.500 bits per heavy atom. The molecule has 1 aliphatic rings. The molecule has 0 amide bonds. The van der Waals surface area contributed by atoms with Crippen molar-refractivity contribution in [3.63, 3.8) is 0 Å². The minimum absolute atomic E-state index is 0.405. The standard InChI is InChI=1S/C48H32O8S4/c1-53-45(49)29-13-5-25(6-14-29)41-37-33(21-57-41)38-35(23-59-42(38)26-7-15-30(16-8-26)46(50)54-2)40-36(24-60-44(40)28-11-19-32(20-12-28)48(52)56-4)39-34(37)22-58-43(39)27-9-17-31(18-10-27)47(51)55-3/h5-24H,1-4H3. The first kappa shape index (κ1) is 39.0. The summed E-state index contributed by atoms with van der Waals surface area (Å²) < 4.78 is 20.0. The molecule has 60 heavy (non-hydrogen) atoms. The number of benzene rings is 4.